The number of piperazine rings is 1. The summed E-state index contributed by atoms with van der Waals surface area (Å²) in [6.07, 6.45) is 0. The zero-order chi connectivity index (χ0) is 11.5. The van der Waals surface area contributed by atoms with Crippen LogP contribution in [0, 0.1) is 5.41 Å². The molecule has 1 aromatic heterocycles. The van der Waals surface area contributed by atoms with Gasteiger partial charge in [-0.25, -0.2) is 0 Å². The van der Waals surface area contributed by atoms with Gasteiger partial charge in [-0.2, -0.15) is 0 Å². The van der Waals surface area contributed by atoms with E-state index in [1.165, 1.54) is 8.66 Å². The molecule has 96 valence electrons. The van der Waals surface area contributed by atoms with Crippen LogP contribution in [-0.4, -0.2) is 41.9 Å². The van der Waals surface area contributed by atoms with E-state index in [9.17, 15) is 0 Å². The van der Waals surface area contributed by atoms with Gasteiger partial charge in [-0.15, -0.1) is 35.3 Å². The van der Waals surface area contributed by atoms with Gasteiger partial charge in [0, 0.05) is 37.6 Å². The number of guanidine groups is 1. The van der Waals surface area contributed by atoms with E-state index in [0.717, 1.165) is 32.7 Å². The smallest absolute Gasteiger partial charge is 0.188 e. The summed E-state index contributed by atoms with van der Waals surface area (Å²) in [5.41, 5.74) is 5.46. The monoisotopic (exact) mass is 430 g/mol. The Labute approximate surface area is 131 Å². The number of hydrogen-bond donors (Lipinski definition) is 2. The van der Waals surface area contributed by atoms with Gasteiger partial charge in [0.25, 0.3) is 0 Å². The molecule has 0 aromatic carbocycles. The highest BCUT2D eigenvalue weighted by Gasteiger charge is 2.17. The van der Waals surface area contributed by atoms with Crippen LogP contribution in [0.1, 0.15) is 4.88 Å². The Balaban J connectivity index is 0.00000144. The fourth-order valence-corrected chi connectivity index (χ4v) is 3.33. The minimum Gasteiger partial charge on any atom is -0.370 e. The summed E-state index contributed by atoms with van der Waals surface area (Å²) in [6.45, 7) is 4.69. The fraction of sp³-hybridized carbons (Fsp3) is 0.500. The first-order valence-electron chi connectivity index (χ1n) is 5.20. The molecule has 2 rings (SSSR count). The topological polar surface area (TPSA) is 56.4 Å². The van der Waals surface area contributed by atoms with E-state index in [-0.39, 0.29) is 29.9 Å². The first kappa shape index (κ1) is 15.2. The first-order chi connectivity index (χ1) is 7.65. The molecule has 4 nitrogen and oxygen atoms in total. The number of nitrogens with two attached hydrogens (primary N) is 1. The SMILES string of the molecule is I.N=C(N)N1CCN(Cc2ccc(Br)s2)CC1. The summed E-state index contributed by atoms with van der Waals surface area (Å²) in [5, 5.41) is 7.36. The minimum absolute atomic E-state index is 0. The molecule has 7 heteroatoms. The van der Waals surface area contributed by atoms with Gasteiger partial charge >= 0.3 is 0 Å². The molecule has 0 aliphatic carbocycles. The van der Waals surface area contributed by atoms with Gasteiger partial charge in [-0.3, -0.25) is 10.3 Å². The molecule has 0 atom stereocenters. The summed E-state index contributed by atoms with van der Waals surface area (Å²) in [7, 11) is 0. The van der Waals surface area contributed by atoms with Crippen LogP contribution < -0.4 is 5.73 Å². The molecule has 0 bridgehead atoms. The third-order valence-electron chi connectivity index (χ3n) is 2.72. The van der Waals surface area contributed by atoms with Gasteiger partial charge in [0.15, 0.2) is 5.96 Å². The van der Waals surface area contributed by atoms with Gasteiger partial charge in [0.05, 0.1) is 3.79 Å². The number of nitrogens with zero attached hydrogens (tertiary/aromatic N) is 2. The van der Waals surface area contributed by atoms with Gasteiger partial charge in [-0.05, 0) is 28.1 Å². The van der Waals surface area contributed by atoms with Crippen LogP contribution in [0.2, 0.25) is 0 Å². The second-order valence-corrected chi connectivity index (χ2v) is 6.40. The van der Waals surface area contributed by atoms with E-state index in [0.29, 0.717) is 0 Å². The summed E-state index contributed by atoms with van der Waals surface area (Å²) in [4.78, 5) is 5.70. The second kappa shape index (κ2) is 6.91. The predicted octanol–water partition coefficient (Wildman–Crippen LogP) is 2.14. The standard InChI is InChI=1S/C10H15BrN4S.HI/c11-9-2-1-8(16-9)7-14-3-5-15(6-4-14)10(12)13;/h1-2H,3-7H2,(H3,12,13);1H. The number of thiophene rings is 1. The van der Waals surface area contributed by atoms with Gasteiger partial charge in [0.1, 0.15) is 0 Å². The molecule has 1 fully saturated rings. The van der Waals surface area contributed by atoms with E-state index in [1.807, 2.05) is 4.90 Å². The van der Waals surface area contributed by atoms with Crippen molar-refractivity contribution in [2.75, 3.05) is 26.2 Å². The van der Waals surface area contributed by atoms with Crippen molar-refractivity contribution >= 4 is 57.2 Å². The molecular weight excluding hydrogens is 415 g/mol. The lowest BCUT2D eigenvalue weighted by Gasteiger charge is -2.34. The maximum absolute atomic E-state index is 7.36. The van der Waals surface area contributed by atoms with Crippen LogP contribution in [-0.2, 0) is 6.54 Å². The fourth-order valence-electron chi connectivity index (χ4n) is 1.80. The van der Waals surface area contributed by atoms with Crippen molar-refractivity contribution in [3.8, 4) is 0 Å². The van der Waals surface area contributed by atoms with Crippen molar-refractivity contribution in [2.45, 2.75) is 6.54 Å². The average molecular weight is 431 g/mol. The normalized spacial score (nSPS) is 16.6. The van der Waals surface area contributed by atoms with Crippen LogP contribution in [0.4, 0.5) is 0 Å². The van der Waals surface area contributed by atoms with Crippen LogP contribution >= 0.6 is 51.2 Å². The van der Waals surface area contributed by atoms with Crippen LogP contribution in [0.3, 0.4) is 0 Å². The average Bonchev–Trinajstić information content (AvgIpc) is 2.65. The van der Waals surface area contributed by atoms with Crippen molar-refractivity contribution in [1.82, 2.24) is 9.80 Å². The molecule has 3 N–H and O–H groups in total. The van der Waals surface area contributed by atoms with Crippen molar-refractivity contribution < 1.29 is 0 Å². The van der Waals surface area contributed by atoms with Crippen LogP contribution in [0.25, 0.3) is 0 Å². The van der Waals surface area contributed by atoms with Crippen molar-refractivity contribution in [3.63, 3.8) is 0 Å². The lowest BCUT2D eigenvalue weighted by atomic mass is 10.3. The molecule has 0 unspecified atom stereocenters. The number of nitrogens with one attached hydrogen (secondary N) is 1. The molecule has 1 aromatic rings. The zero-order valence-electron chi connectivity index (χ0n) is 9.36. The van der Waals surface area contributed by atoms with Gasteiger partial charge in [-0.1, -0.05) is 0 Å². The van der Waals surface area contributed by atoms with Crippen molar-refractivity contribution in [2.24, 2.45) is 5.73 Å². The molecule has 1 aliphatic rings. The summed E-state index contributed by atoms with van der Waals surface area (Å²) in [6, 6.07) is 4.25. The van der Waals surface area contributed by atoms with E-state index in [1.54, 1.807) is 11.3 Å². The summed E-state index contributed by atoms with van der Waals surface area (Å²) in [5.74, 6) is 0.193. The molecular formula is C10H16BrIN4S. The molecule has 1 aliphatic heterocycles. The quantitative estimate of drug-likeness (QED) is 0.429. The molecule has 1 saturated heterocycles. The molecule has 0 amide bonds. The number of hydrogen-bond acceptors (Lipinski definition) is 3. The molecule has 17 heavy (non-hydrogen) atoms. The Bertz CT molecular complexity index is 376. The molecule has 0 spiro atoms. The number of rotatable bonds is 2. The van der Waals surface area contributed by atoms with Gasteiger partial charge < -0.3 is 10.6 Å². The summed E-state index contributed by atoms with van der Waals surface area (Å²) < 4.78 is 1.19. The largest absolute Gasteiger partial charge is 0.370 e. The maximum atomic E-state index is 7.36. The lowest BCUT2D eigenvalue weighted by molar-refractivity contribution is 0.175. The highest BCUT2D eigenvalue weighted by atomic mass is 127. The van der Waals surface area contributed by atoms with Gasteiger partial charge in [0.2, 0.25) is 0 Å². The van der Waals surface area contributed by atoms with E-state index in [2.05, 4.69) is 33.0 Å². The Morgan fingerprint density at radius 1 is 1.35 bits per heavy atom. The lowest BCUT2D eigenvalue weighted by Crippen LogP contribution is -2.50. The third kappa shape index (κ3) is 4.38. The first-order valence-corrected chi connectivity index (χ1v) is 6.81. The highest BCUT2D eigenvalue weighted by Crippen LogP contribution is 2.23. The van der Waals surface area contributed by atoms with Crippen molar-refractivity contribution in [1.29, 1.82) is 5.41 Å². The van der Waals surface area contributed by atoms with E-state index in [4.69, 9.17) is 11.1 Å². The van der Waals surface area contributed by atoms with E-state index >= 15 is 0 Å². The van der Waals surface area contributed by atoms with Crippen LogP contribution in [0.15, 0.2) is 15.9 Å². The third-order valence-corrected chi connectivity index (χ3v) is 4.33. The van der Waals surface area contributed by atoms with E-state index < -0.39 is 0 Å². The Kier molecular flexibility index (Phi) is 6.18. The molecule has 0 saturated carbocycles. The molecule has 2 heterocycles. The predicted molar refractivity (Wildman–Crippen MR) is 86.2 cm³/mol. The maximum Gasteiger partial charge on any atom is 0.188 e. The minimum atomic E-state index is 0. The Hall–Kier alpha value is 0.140. The molecule has 0 radical (unpaired) electrons. The van der Waals surface area contributed by atoms with Crippen LogP contribution in [0.5, 0.6) is 0 Å². The highest BCUT2D eigenvalue weighted by molar-refractivity contribution is 14.0. The Morgan fingerprint density at radius 2 is 2.00 bits per heavy atom. The summed E-state index contributed by atoms with van der Waals surface area (Å²) >= 11 is 5.26. The Morgan fingerprint density at radius 3 is 2.47 bits per heavy atom. The number of halogens is 2. The zero-order valence-corrected chi connectivity index (χ0v) is 14.1. The second-order valence-electron chi connectivity index (χ2n) is 3.85. The van der Waals surface area contributed by atoms with Crippen molar-refractivity contribution in [3.05, 3.63) is 20.8 Å².